The number of halogens is 1. The summed E-state index contributed by atoms with van der Waals surface area (Å²) >= 11 is 6.32. The molecule has 1 aliphatic heterocycles. The van der Waals surface area contributed by atoms with Gasteiger partial charge in [-0.3, -0.25) is 19.0 Å². The van der Waals surface area contributed by atoms with Crippen molar-refractivity contribution in [2.45, 2.75) is 24.4 Å². The van der Waals surface area contributed by atoms with Gasteiger partial charge in [-0.05, 0) is 36.4 Å². The number of aliphatic imine (C=N–C) groups is 1. The normalized spacial score (nSPS) is 14.6. The molecule has 15 heteroatoms. The first-order valence-electron chi connectivity index (χ1n) is 11.6. The van der Waals surface area contributed by atoms with Crippen LogP contribution >= 0.6 is 11.6 Å². The lowest BCUT2D eigenvalue weighted by Crippen LogP contribution is -2.48. The fourth-order valence-corrected chi connectivity index (χ4v) is 5.62. The van der Waals surface area contributed by atoms with Crippen molar-refractivity contribution in [3.8, 4) is 0 Å². The third-order valence-electron chi connectivity index (χ3n) is 5.75. The van der Waals surface area contributed by atoms with Crippen molar-refractivity contribution in [3.05, 3.63) is 94.7 Å². The highest BCUT2D eigenvalue weighted by Crippen LogP contribution is 2.35. The average Bonchev–Trinajstić information content (AvgIpc) is 3.43. The molecule has 0 saturated carbocycles. The lowest BCUT2D eigenvalue weighted by atomic mass is 10.2. The highest BCUT2D eigenvalue weighted by Gasteiger charge is 2.42. The molecule has 40 heavy (non-hydrogen) atoms. The van der Waals surface area contributed by atoms with E-state index in [2.05, 4.69) is 25.6 Å². The zero-order valence-corrected chi connectivity index (χ0v) is 22.3. The minimum Gasteiger partial charge on any atom is -0.467 e. The smallest absolute Gasteiger partial charge is 0.271 e. The van der Waals surface area contributed by atoms with Gasteiger partial charge in [-0.1, -0.05) is 17.7 Å². The van der Waals surface area contributed by atoms with Crippen molar-refractivity contribution in [3.63, 3.8) is 0 Å². The second-order valence-corrected chi connectivity index (χ2v) is 10.7. The van der Waals surface area contributed by atoms with Crippen molar-refractivity contribution >= 4 is 56.5 Å². The molecule has 4 heterocycles. The number of amidine groups is 1. The molecule has 0 fully saturated rings. The van der Waals surface area contributed by atoms with Gasteiger partial charge in [0.05, 0.1) is 29.7 Å². The Morgan fingerprint density at radius 3 is 2.67 bits per heavy atom. The maximum absolute atomic E-state index is 13.9. The van der Waals surface area contributed by atoms with E-state index < -0.39 is 27.5 Å². The molecular weight excluding hydrogens is 562 g/mol. The van der Waals surface area contributed by atoms with Gasteiger partial charge in [-0.2, -0.15) is 0 Å². The lowest BCUT2D eigenvalue weighted by Gasteiger charge is -2.32. The monoisotopic (exact) mass is 581 g/mol. The first-order valence-corrected chi connectivity index (χ1v) is 13.5. The van der Waals surface area contributed by atoms with Gasteiger partial charge in [0, 0.05) is 24.9 Å². The van der Waals surface area contributed by atoms with E-state index in [0.717, 1.165) is 21.4 Å². The van der Waals surface area contributed by atoms with E-state index in [-0.39, 0.29) is 45.5 Å². The number of carbonyl (C=O) groups excluding carboxylic acids is 2. The Hall–Kier alpha value is -4.82. The van der Waals surface area contributed by atoms with Gasteiger partial charge >= 0.3 is 0 Å². The molecule has 0 saturated heterocycles. The summed E-state index contributed by atoms with van der Waals surface area (Å²) < 4.78 is 34.9. The van der Waals surface area contributed by atoms with Crippen LogP contribution in [0, 0.1) is 0 Å². The fourth-order valence-electron chi connectivity index (χ4n) is 4.01. The van der Waals surface area contributed by atoms with E-state index in [0.29, 0.717) is 5.69 Å². The molecule has 1 aromatic carbocycles. The van der Waals surface area contributed by atoms with Crippen LogP contribution in [-0.2, 0) is 26.2 Å². The highest BCUT2D eigenvalue weighted by molar-refractivity contribution is 7.90. The Kier molecular flexibility index (Phi) is 7.19. The van der Waals surface area contributed by atoms with E-state index >= 15 is 0 Å². The molecular formula is C25H20ClN7O6S. The third kappa shape index (κ3) is 5.21. The average molecular weight is 582 g/mol. The quantitative estimate of drug-likeness (QED) is 0.335. The maximum Gasteiger partial charge on any atom is 0.271 e. The molecule has 13 nitrogen and oxygen atoms in total. The molecule has 4 aromatic rings. The Bertz CT molecular complexity index is 1800. The van der Waals surface area contributed by atoms with Crippen LogP contribution in [0.5, 0.6) is 0 Å². The second kappa shape index (κ2) is 10.7. The number of amides is 2. The van der Waals surface area contributed by atoms with Gasteiger partial charge in [0.15, 0.2) is 22.6 Å². The maximum atomic E-state index is 13.9. The minimum atomic E-state index is -4.36. The number of hydrogen-bond acceptors (Lipinski definition) is 9. The molecule has 204 valence electrons. The molecule has 3 aromatic heterocycles. The summed E-state index contributed by atoms with van der Waals surface area (Å²) in [4.78, 5) is 50.4. The van der Waals surface area contributed by atoms with Crippen molar-refractivity contribution in [2.24, 2.45) is 4.99 Å². The van der Waals surface area contributed by atoms with Crippen LogP contribution in [0.4, 0.5) is 17.2 Å². The van der Waals surface area contributed by atoms with Gasteiger partial charge in [0.25, 0.3) is 21.5 Å². The number of sulfonamides is 1. The van der Waals surface area contributed by atoms with Gasteiger partial charge < -0.3 is 15.1 Å². The minimum absolute atomic E-state index is 0.103. The summed E-state index contributed by atoms with van der Waals surface area (Å²) in [6.07, 6.45) is 4.92. The number of carbonyl (C=O) groups is 2. The summed E-state index contributed by atoms with van der Waals surface area (Å²) in [5, 5.41) is 5.36. The fraction of sp³-hybridized carbons (Fsp3) is 0.120. The molecule has 0 spiro atoms. The summed E-state index contributed by atoms with van der Waals surface area (Å²) in [5.41, 5.74) is -0.151. The van der Waals surface area contributed by atoms with E-state index in [1.54, 1.807) is 12.1 Å². The van der Waals surface area contributed by atoms with Crippen LogP contribution in [0.25, 0.3) is 0 Å². The summed E-state index contributed by atoms with van der Waals surface area (Å²) in [7, 11) is -4.36. The number of rotatable bonds is 7. The van der Waals surface area contributed by atoms with Crippen LogP contribution in [0.2, 0.25) is 5.02 Å². The van der Waals surface area contributed by atoms with E-state index in [1.165, 1.54) is 55.8 Å². The third-order valence-corrected chi connectivity index (χ3v) is 7.82. The number of nitrogens with one attached hydrogen (secondary N) is 2. The Balaban J connectivity index is 1.67. The molecule has 2 amide bonds. The van der Waals surface area contributed by atoms with E-state index in [4.69, 9.17) is 16.0 Å². The number of pyridine rings is 1. The van der Waals surface area contributed by atoms with Crippen LogP contribution in [0.3, 0.4) is 0 Å². The number of aromatic nitrogens is 3. The van der Waals surface area contributed by atoms with Crippen LogP contribution in [0.15, 0.2) is 92.6 Å². The molecule has 0 bridgehead atoms. The van der Waals surface area contributed by atoms with Crippen molar-refractivity contribution < 1.29 is 22.4 Å². The molecule has 1 atom stereocenters. The number of fused-ring (bicyclic) bond motifs is 1. The lowest BCUT2D eigenvalue weighted by molar-refractivity contribution is -0.117. The Morgan fingerprint density at radius 1 is 1.12 bits per heavy atom. The predicted molar refractivity (Wildman–Crippen MR) is 145 cm³/mol. The molecule has 0 aliphatic carbocycles. The largest absolute Gasteiger partial charge is 0.467 e. The number of nitrogens with zero attached hydrogens (tertiary/aromatic N) is 5. The van der Waals surface area contributed by atoms with Crippen LogP contribution in [0.1, 0.15) is 18.7 Å². The predicted octanol–water partition coefficient (Wildman–Crippen LogP) is 2.96. The summed E-state index contributed by atoms with van der Waals surface area (Å²) in [6, 6.07) is 10.2. The van der Waals surface area contributed by atoms with Gasteiger partial charge in [-0.25, -0.2) is 27.7 Å². The standard InChI is InChI=1S/C25H20ClN7O6S/c1-15(34)29-16-7-8-18(26)19(11-16)30-25(36)22(32-9-3-2-6-21(32)35)24-31-23-20(12-27-14-28-23)40(37,38)33(24)13-17-5-4-10-39-17/h2-12,14,22H,13H2,1H3,(H,29,34)(H,30,36). The second-order valence-electron chi connectivity index (χ2n) is 8.49. The molecule has 5 rings (SSSR count). The van der Waals surface area contributed by atoms with Crippen molar-refractivity contribution in [1.82, 2.24) is 18.8 Å². The SMILES string of the molecule is CC(=O)Nc1ccc(Cl)c(NC(=O)C(C2=Nc3ncncc3S(=O)(=O)N2Cc2ccco2)n2ccccc2=O)c1. The Labute approximate surface area is 232 Å². The number of benzene rings is 1. The van der Waals surface area contributed by atoms with Gasteiger partial charge in [0.2, 0.25) is 5.91 Å². The zero-order chi connectivity index (χ0) is 28.4. The topological polar surface area (TPSA) is 169 Å². The number of anilines is 2. The van der Waals surface area contributed by atoms with Gasteiger partial charge in [0.1, 0.15) is 12.1 Å². The summed E-state index contributed by atoms with van der Waals surface area (Å²) in [6.45, 7) is 0.980. The molecule has 1 aliphatic rings. The number of hydrogen-bond donors (Lipinski definition) is 2. The van der Waals surface area contributed by atoms with Crippen molar-refractivity contribution in [2.75, 3.05) is 10.6 Å². The molecule has 1 unspecified atom stereocenters. The Morgan fingerprint density at radius 2 is 1.95 bits per heavy atom. The number of furan rings is 1. The van der Waals surface area contributed by atoms with Crippen LogP contribution < -0.4 is 16.2 Å². The molecule has 2 N–H and O–H groups in total. The zero-order valence-electron chi connectivity index (χ0n) is 20.7. The van der Waals surface area contributed by atoms with E-state index in [9.17, 15) is 22.8 Å². The first kappa shape index (κ1) is 26.8. The first-order chi connectivity index (χ1) is 19.1. The van der Waals surface area contributed by atoms with Crippen LogP contribution in [-0.4, -0.2) is 44.9 Å². The summed E-state index contributed by atoms with van der Waals surface area (Å²) in [5.74, 6) is -1.45. The van der Waals surface area contributed by atoms with Crippen molar-refractivity contribution in [1.29, 1.82) is 0 Å². The van der Waals surface area contributed by atoms with Gasteiger partial charge in [-0.15, -0.1) is 0 Å². The van der Waals surface area contributed by atoms with E-state index in [1.807, 2.05) is 0 Å². The highest BCUT2D eigenvalue weighted by atomic mass is 35.5. The molecule has 0 radical (unpaired) electrons.